The molecule has 0 spiro atoms. The van der Waals surface area contributed by atoms with Crippen LogP contribution in [0.2, 0.25) is 0 Å². The second-order valence-corrected chi connectivity index (χ2v) is 6.37. The number of alkyl halides is 1. The number of likely N-dealkylation sites (N-methyl/N-ethyl adjacent to an activating group) is 1. The molecule has 0 amide bonds. The van der Waals surface area contributed by atoms with Crippen LogP contribution in [0.1, 0.15) is 46.5 Å². The number of hydrogen-bond acceptors (Lipinski definition) is 2. The number of rotatable bonds is 4. The summed E-state index contributed by atoms with van der Waals surface area (Å²) in [6.45, 7) is 8.05. The van der Waals surface area contributed by atoms with E-state index in [9.17, 15) is 0 Å². The fourth-order valence-corrected chi connectivity index (χ4v) is 2.70. The Labute approximate surface area is 105 Å². The van der Waals surface area contributed by atoms with Crippen molar-refractivity contribution >= 4 is 11.6 Å². The van der Waals surface area contributed by atoms with Crippen LogP contribution in [0.3, 0.4) is 0 Å². The van der Waals surface area contributed by atoms with Crippen LogP contribution < -0.4 is 0 Å². The molecule has 2 nitrogen and oxygen atoms in total. The highest BCUT2D eigenvalue weighted by molar-refractivity contribution is 6.21. The van der Waals surface area contributed by atoms with E-state index in [1.165, 1.54) is 19.3 Å². The lowest BCUT2D eigenvalue weighted by atomic mass is 9.94. The number of nitrogens with zero attached hydrogens (tertiary/aromatic N) is 1. The van der Waals surface area contributed by atoms with Gasteiger partial charge in [0.1, 0.15) is 0 Å². The molecule has 0 aliphatic heterocycles. The third kappa shape index (κ3) is 5.03. The predicted octanol–water partition coefficient (Wildman–Crippen LogP) is 3.28. The minimum absolute atomic E-state index is 0.0340. The van der Waals surface area contributed by atoms with E-state index in [1.54, 1.807) is 0 Å². The van der Waals surface area contributed by atoms with Gasteiger partial charge in [0.25, 0.3) is 0 Å². The van der Waals surface area contributed by atoms with Crippen LogP contribution in [0.4, 0.5) is 0 Å². The van der Waals surface area contributed by atoms with Crippen LogP contribution in [-0.2, 0) is 4.74 Å². The van der Waals surface area contributed by atoms with Crippen molar-refractivity contribution in [1.29, 1.82) is 0 Å². The largest absolute Gasteiger partial charge is 0.375 e. The highest BCUT2D eigenvalue weighted by Gasteiger charge is 2.26. The summed E-state index contributed by atoms with van der Waals surface area (Å²) in [6, 6.07) is 0.541. The first-order valence-corrected chi connectivity index (χ1v) is 6.82. The third-order valence-electron chi connectivity index (χ3n) is 3.19. The van der Waals surface area contributed by atoms with Crippen LogP contribution in [0, 0.1) is 0 Å². The Morgan fingerprint density at radius 2 is 1.88 bits per heavy atom. The maximum atomic E-state index is 6.36. The second kappa shape index (κ2) is 6.23. The van der Waals surface area contributed by atoms with Gasteiger partial charge in [0.2, 0.25) is 0 Å². The first-order valence-electron chi connectivity index (χ1n) is 6.38. The summed E-state index contributed by atoms with van der Waals surface area (Å²) >= 11 is 6.36. The van der Waals surface area contributed by atoms with Crippen LogP contribution in [-0.4, -0.2) is 42.1 Å². The van der Waals surface area contributed by atoms with E-state index in [2.05, 4.69) is 32.7 Å². The standard InChI is InChI=1S/C13H26ClNO/c1-13(2,3)16-10-9-15(4)12-8-6-5-7-11(12)14/h11-12H,5-10H2,1-4H3. The van der Waals surface area contributed by atoms with Crippen LogP contribution >= 0.6 is 11.6 Å². The maximum absolute atomic E-state index is 6.36. The minimum Gasteiger partial charge on any atom is -0.375 e. The van der Waals surface area contributed by atoms with Crippen LogP contribution in [0.15, 0.2) is 0 Å². The van der Waals surface area contributed by atoms with E-state index in [4.69, 9.17) is 16.3 Å². The van der Waals surface area contributed by atoms with Crippen molar-refractivity contribution in [2.24, 2.45) is 0 Å². The SMILES string of the molecule is CN(CCOC(C)(C)C)C1CCCCC1Cl. The summed E-state index contributed by atoms with van der Waals surface area (Å²) in [5, 5.41) is 0.327. The molecule has 0 aromatic heterocycles. The normalized spacial score (nSPS) is 27.4. The van der Waals surface area contributed by atoms with Gasteiger partial charge < -0.3 is 4.74 Å². The molecular weight excluding hydrogens is 222 g/mol. The molecule has 2 unspecified atom stereocenters. The zero-order chi connectivity index (χ0) is 12.2. The quantitative estimate of drug-likeness (QED) is 0.707. The Bertz CT molecular complexity index is 203. The molecule has 0 saturated heterocycles. The van der Waals surface area contributed by atoms with Gasteiger partial charge in [0.15, 0.2) is 0 Å². The van der Waals surface area contributed by atoms with E-state index < -0.39 is 0 Å². The lowest BCUT2D eigenvalue weighted by Gasteiger charge is -2.35. The lowest BCUT2D eigenvalue weighted by Crippen LogP contribution is -2.42. The van der Waals surface area contributed by atoms with E-state index in [-0.39, 0.29) is 5.60 Å². The third-order valence-corrected chi connectivity index (χ3v) is 3.70. The van der Waals surface area contributed by atoms with Crippen LogP contribution in [0.25, 0.3) is 0 Å². The van der Waals surface area contributed by atoms with Crippen molar-refractivity contribution in [2.45, 2.75) is 63.5 Å². The molecule has 0 bridgehead atoms. The summed E-state index contributed by atoms with van der Waals surface area (Å²) in [6.07, 6.45) is 5.01. The van der Waals surface area contributed by atoms with E-state index >= 15 is 0 Å². The molecule has 0 heterocycles. The van der Waals surface area contributed by atoms with E-state index in [0.717, 1.165) is 19.6 Å². The monoisotopic (exact) mass is 247 g/mol. The van der Waals surface area contributed by atoms with Gasteiger partial charge in [0, 0.05) is 18.0 Å². The first-order chi connectivity index (χ1) is 7.40. The lowest BCUT2D eigenvalue weighted by molar-refractivity contribution is -0.0157. The van der Waals surface area contributed by atoms with Gasteiger partial charge >= 0.3 is 0 Å². The molecule has 96 valence electrons. The Morgan fingerprint density at radius 1 is 1.25 bits per heavy atom. The highest BCUT2D eigenvalue weighted by Crippen LogP contribution is 2.26. The smallest absolute Gasteiger partial charge is 0.0600 e. The molecule has 0 N–H and O–H groups in total. The van der Waals surface area contributed by atoms with Crippen molar-refractivity contribution in [2.75, 3.05) is 20.2 Å². The molecule has 0 aromatic carbocycles. The Hall–Kier alpha value is 0.210. The molecule has 1 fully saturated rings. The molecule has 0 aromatic rings. The molecule has 1 aliphatic rings. The van der Waals surface area contributed by atoms with E-state index in [1.807, 2.05) is 0 Å². The topological polar surface area (TPSA) is 12.5 Å². The van der Waals surface area contributed by atoms with Crippen molar-refractivity contribution in [1.82, 2.24) is 4.90 Å². The molecule has 3 heteroatoms. The molecular formula is C13H26ClNO. The zero-order valence-electron chi connectivity index (χ0n) is 11.1. The van der Waals surface area contributed by atoms with Gasteiger partial charge in [-0.15, -0.1) is 11.6 Å². The zero-order valence-corrected chi connectivity index (χ0v) is 11.9. The van der Waals surface area contributed by atoms with Gasteiger partial charge in [-0.3, -0.25) is 4.90 Å². The van der Waals surface area contributed by atoms with Gasteiger partial charge in [0.05, 0.1) is 12.2 Å². The van der Waals surface area contributed by atoms with Gasteiger partial charge in [-0.05, 0) is 40.7 Å². The van der Waals surface area contributed by atoms with Gasteiger partial charge in [-0.1, -0.05) is 12.8 Å². The highest BCUT2D eigenvalue weighted by atomic mass is 35.5. The second-order valence-electron chi connectivity index (χ2n) is 5.81. The maximum Gasteiger partial charge on any atom is 0.0600 e. The Morgan fingerprint density at radius 3 is 2.44 bits per heavy atom. The summed E-state index contributed by atoms with van der Waals surface area (Å²) in [7, 11) is 2.16. The van der Waals surface area contributed by atoms with Crippen molar-refractivity contribution in [3.63, 3.8) is 0 Å². The summed E-state index contributed by atoms with van der Waals surface area (Å²) in [5.41, 5.74) is -0.0340. The Kier molecular flexibility index (Phi) is 5.55. The van der Waals surface area contributed by atoms with E-state index in [0.29, 0.717) is 11.4 Å². The fourth-order valence-electron chi connectivity index (χ4n) is 2.22. The molecule has 1 saturated carbocycles. The average Bonchev–Trinajstić information content (AvgIpc) is 2.16. The number of ether oxygens (including phenoxy) is 1. The molecule has 0 radical (unpaired) electrons. The average molecular weight is 248 g/mol. The first kappa shape index (κ1) is 14.3. The molecule has 1 rings (SSSR count). The van der Waals surface area contributed by atoms with Gasteiger partial charge in [-0.2, -0.15) is 0 Å². The van der Waals surface area contributed by atoms with Crippen molar-refractivity contribution in [3.8, 4) is 0 Å². The number of halogens is 1. The Balaban J connectivity index is 2.25. The fraction of sp³-hybridized carbons (Fsp3) is 1.00. The molecule has 1 aliphatic carbocycles. The summed E-state index contributed by atoms with van der Waals surface area (Å²) < 4.78 is 5.74. The molecule has 16 heavy (non-hydrogen) atoms. The van der Waals surface area contributed by atoms with Gasteiger partial charge in [-0.25, -0.2) is 0 Å². The van der Waals surface area contributed by atoms with Crippen LogP contribution in [0.5, 0.6) is 0 Å². The summed E-state index contributed by atoms with van der Waals surface area (Å²) in [4.78, 5) is 2.36. The summed E-state index contributed by atoms with van der Waals surface area (Å²) in [5.74, 6) is 0. The minimum atomic E-state index is -0.0340. The number of hydrogen-bond donors (Lipinski definition) is 0. The molecule has 2 atom stereocenters. The van der Waals surface area contributed by atoms with Crippen molar-refractivity contribution in [3.05, 3.63) is 0 Å². The predicted molar refractivity (Wildman–Crippen MR) is 70.2 cm³/mol. The van der Waals surface area contributed by atoms with Crippen molar-refractivity contribution < 1.29 is 4.74 Å².